The molecule has 0 aliphatic heterocycles. The summed E-state index contributed by atoms with van der Waals surface area (Å²) >= 11 is 0. The van der Waals surface area contributed by atoms with Gasteiger partial charge in [0, 0.05) is 19.4 Å². The van der Waals surface area contributed by atoms with Crippen molar-refractivity contribution in [1.82, 2.24) is 0 Å². The number of phosphoric ester groups is 1. The summed E-state index contributed by atoms with van der Waals surface area (Å²) in [6.45, 7) is 3.56. The molecule has 0 aromatic rings. The van der Waals surface area contributed by atoms with Crippen molar-refractivity contribution < 1.29 is 37.6 Å². The summed E-state index contributed by atoms with van der Waals surface area (Å²) in [6.07, 6.45) is 102. The Morgan fingerprint density at radius 1 is 0.356 bits per heavy atom. The number of carbonyl (C=O) groups excluding carboxylic acids is 2. The second kappa shape index (κ2) is 71.0. The highest BCUT2D eigenvalue weighted by molar-refractivity contribution is 7.47. The molecule has 0 heterocycles. The number of phosphoric acid groups is 1. The van der Waals surface area contributed by atoms with Crippen LogP contribution in [0, 0.1) is 0 Å². The van der Waals surface area contributed by atoms with E-state index in [2.05, 4.69) is 154 Å². The molecule has 0 saturated heterocycles. The monoisotopic (exact) mass is 1230 g/mol. The van der Waals surface area contributed by atoms with E-state index in [0.29, 0.717) is 12.8 Å². The number of ether oxygens (including phenoxy) is 2. The van der Waals surface area contributed by atoms with Gasteiger partial charge in [0.1, 0.15) is 6.61 Å². The molecule has 0 aliphatic carbocycles. The Morgan fingerprint density at radius 2 is 0.644 bits per heavy atom. The van der Waals surface area contributed by atoms with E-state index in [1.807, 2.05) is 6.08 Å². The zero-order valence-electron chi connectivity index (χ0n) is 55.7. The lowest BCUT2D eigenvalue weighted by atomic mass is 10.0. The van der Waals surface area contributed by atoms with Gasteiger partial charge in [-0.1, -0.05) is 314 Å². The Labute approximate surface area is 535 Å². The Kier molecular flexibility index (Phi) is 67.6. The minimum Gasteiger partial charge on any atom is -0.462 e. The summed E-state index contributed by atoms with van der Waals surface area (Å²) in [5, 5.41) is 0. The fraction of sp³-hybridized carbons (Fsp3) is 0.662. The summed E-state index contributed by atoms with van der Waals surface area (Å²) in [6, 6.07) is 0. The zero-order valence-corrected chi connectivity index (χ0v) is 56.6. The van der Waals surface area contributed by atoms with E-state index in [9.17, 15) is 19.0 Å². The maximum absolute atomic E-state index is 12.7. The van der Waals surface area contributed by atoms with Gasteiger partial charge in [-0.3, -0.25) is 18.6 Å². The summed E-state index contributed by atoms with van der Waals surface area (Å²) < 4.78 is 33.1. The molecule has 0 bridgehead atoms. The van der Waals surface area contributed by atoms with E-state index >= 15 is 0 Å². The first-order valence-electron chi connectivity index (χ1n) is 35.3. The molecule has 0 radical (unpaired) electrons. The molecule has 0 amide bonds. The van der Waals surface area contributed by atoms with Crippen LogP contribution < -0.4 is 5.73 Å². The van der Waals surface area contributed by atoms with E-state index in [-0.39, 0.29) is 32.6 Å². The van der Waals surface area contributed by atoms with Crippen LogP contribution in [0.25, 0.3) is 0 Å². The molecule has 9 nitrogen and oxygen atoms in total. The molecule has 0 fully saturated rings. The Bertz CT molecular complexity index is 1940. The van der Waals surface area contributed by atoms with Gasteiger partial charge in [-0.25, -0.2) is 4.57 Å². The highest BCUT2D eigenvalue weighted by Gasteiger charge is 2.26. The number of hydrogen-bond donors (Lipinski definition) is 2. The van der Waals surface area contributed by atoms with Gasteiger partial charge in [0.15, 0.2) is 6.10 Å². The first-order chi connectivity index (χ1) is 42.8. The smallest absolute Gasteiger partial charge is 0.462 e. The fourth-order valence-corrected chi connectivity index (χ4v) is 10.3. The lowest BCUT2D eigenvalue weighted by molar-refractivity contribution is -0.161. The van der Waals surface area contributed by atoms with Crippen molar-refractivity contribution in [1.29, 1.82) is 0 Å². The van der Waals surface area contributed by atoms with Crippen molar-refractivity contribution in [3.05, 3.63) is 146 Å². The molecule has 2 unspecified atom stereocenters. The minimum atomic E-state index is -4.42. The fourth-order valence-electron chi connectivity index (χ4n) is 9.53. The van der Waals surface area contributed by atoms with Crippen LogP contribution in [0.1, 0.15) is 296 Å². The molecule has 0 aromatic carbocycles. The molecular formula is C77H130NO8P. The van der Waals surface area contributed by atoms with Crippen molar-refractivity contribution in [2.75, 3.05) is 26.4 Å². The Hall–Kier alpha value is -4.11. The predicted molar refractivity (Wildman–Crippen MR) is 376 cm³/mol. The van der Waals surface area contributed by atoms with E-state index in [1.165, 1.54) is 167 Å². The lowest BCUT2D eigenvalue weighted by Crippen LogP contribution is -2.29. The zero-order chi connectivity index (χ0) is 63.0. The number of allylic oxidation sites excluding steroid dienone is 24. The summed E-state index contributed by atoms with van der Waals surface area (Å²) in [4.78, 5) is 35.3. The maximum atomic E-state index is 12.7. The number of hydrogen-bond acceptors (Lipinski definition) is 8. The number of rotatable bonds is 65. The van der Waals surface area contributed by atoms with Gasteiger partial charge >= 0.3 is 19.8 Å². The average Bonchev–Trinajstić information content (AvgIpc) is 3.63. The number of esters is 2. The average molecular weight is 1230 g/mol. The molecule has 0 aromatic heterocycles. The van der Waals surface area contributed by atoms with Crippen molar-refractivity contribution in [3.8, 4) is 0 Å². The first kappa shape index (κ1) is 82.9. The minimum absolute atomic E-state index is 0.0378. The summed E-state index contributed by atoms with van der Waals surface area (Å²) in [5.74, 6) is -0.898. The molecule has 0 rings (SSSR count). The van der Waals surface area contributed by atoms with Crippen molar-refractivity contribution >= 4 is 19.8 Å². The van der Waals surface area contributed by atoms with Gasteiger partial charge in [0.25, 0.3) is 0 Å². The van der Waals surface area contributed by atoms with E-state index in [4.69, 9.17) is 24.3 Å². The first-order valence-corrected chi connectivity index (χ1v) is 36.8. The molecule has 0 spiro atoms. The normalized spacial score (nSPS) is 13.8. The lowest BCUT2D eigenvalue weighted by Gasteiger charge is -2.19. The van der Waals surface area contributed by atoms with Gasteiger partial charge < -0.3 is 20.1 Å². The second-order valence-corrected chi connectivity index (χ2v) is 24.5. The standard InChI is InChI=1S/C77H130NO8P/c1-3-5-7-9-11-13-15-17-19-21-23-25-27-29-31-33-34-35-36-37-38-39-40-42-43-45-47-49-51-53-55-57-59-61-63-65-67-69-76(79)83-73-75(74-85-87(81,82)84-72-71-78)86-77(80)70-68-66-64-62-60-58-56-54-52-50-48-46-44-41-32-30-28-26-24-22-20-18-16-14-12-10-8-6-4-2/h6,8,12,14-15,17-18,20-21,23-24,26-27,29-30,32,44,46,50,52,56,58,62,64,75H,3-5,7,9-11,13,16,19,22,25,28,31,33-43,45,47-49,51,53-55,57,59-61,63,65-74,78H2,1-2H3,(H,81,82)/b8-6-,14-12-,17-15-,20-18-,23-21-,26-24-,29-27-,32-30-,46-44-,52-50-,58-56-,64-62-. The Morgan fingerprint density at radius 3 is 0.977 bits per heavy atom. The van der Waals surface area contributed by atoms with Gasteiger partial charge in [-0.2, -0.15) is 0 Å². The molecule has 3 N–H and O–H groups in total. The van der Waals surface area contributed by atoms with Gasteiger partial charge in [0.05, 0.1) is 13.2 Å². The largest absolute Gasteiger partial charge is 0.472 e. The third-order valence-electron chi connectivity index (χ3n) is 14.7. The quantitative estimate of drug-likeness (QED) is 0.0264. The molecule has 0 aliphatic rings. The summed E-state index contributed by atoms with van der Waals surface area (Å²) in [5.41, 5.74) is 5.39. The summed E-state index contributed by atoms with van der Waals surface area (Å²) in [7, 11) is -4.42. The van der Waals surface area contributed by atoms with Crippen LogP contribution in [0.15, 0.2) is 146 Å². The van der Waals surface area contributed by atoms with E-state index in [1.54, 1.807) is 0 Å². The Balaban J connectivity index is 3.95. The van der Waals surface area contributed by atoms with Crippen LogP contribution >= 0.6 is 7.82 Å². The van der Waals surface area contributed by atoms with E-state index in [0.717, 1.165) is 89.9 Å². The molecule has 2 atom stereocenters. The van der Waals surface area contributed by atoms with Crippen LogP contribution in [0.2, 0.25) is 0 Å². The predicted octanol–water partition coefficient (Wildman–Crippen LogP) is 23.4. The van der Waals surface area contributed by atoms with Gasteiger partial charge in [0.2, 0.25) is 0 Å². The van der Waals surface area contributed by atoms with Crippen LogP contribution in [0.5, 0.6) is 0 Å². The topological polar surface area (TPSA) is 134 Å². The number of nitrogens with two attached hydrogens (primary N) is 1. The van der Waals surface area contributed by atoms with Crippen molar-refractivity contribution in [2.45, 2.75) is 302 Å². The maximum Gasteiger partial charge on any atom is 0.472 e. The molecule has 0 saturated carbocycles. The second-order valence-electron chi connectivity index (χ2n) is 23.0. The van der Waals surface area contributed by atoms with Gasteiger partial charge in [-0.05, 0) is 116 Å². The van der Waals surface area contributed by atoms with Crippen LogP contribution in [-0.4, -0.2) is 49.3 Å². The SMILES string of the molecule is CC/C=C\C/C=C\C/C=C\C/C=C\C/C=C\C/C=C\C/C=C\C/C=C\C/C=C\CCCC(=O)OC(COC(=O)CCCCCCCCCCCCCCCCCCCCCCCC/C=C\C/C=C\C/C=C\CCCCCCC)COP(=O)(O)OCCN. The van der Waals surface area contributed by atoms with E-state index < -0.39 is 32.5 Å². The third kappa shape index (κ3) is 70.8. The third-order valence-corrected chi connectivity index (χ3v) is 15.7. The molecule has 87 heavy (non-hydrogen) atoms. The number of unbranched alkanes of at least 4 members (excludes halogenated alkanes) is 28. The molecular weight excluding hydrogens is 1100 g/mol. The van der Waals surface area contributed by atoms with Gasteiger partial charge in [-0.15, -0.1) is 0 Å². The van der Waals surface area contributed by atoms with Crippen molar-refractivity contribution in [3.63, 3.8) is 0 Å². The highest BCUT2D eigenvalue weighted by Crippen LogP contribution is 2.43. The van der Waals surface area contributed by atoms with Crippen molar-refractivity contribution in [2.24, 2.45) is 5.73 Å². The van der Waals surface area contributed by atoms with Crippen LogP contribution in [-0.2, 0) is 32.7 Å². The molecule has 496 valence electrons. The highest BCUT2D eigenvalue weighted by atomic mass is 31.2. The number of carbonyl (C=O) groups is 2. The van der Waals surface area contributed by atoms with Crippen LogP contribution in [0.3, 0.4) is 0 Å². The molecule has 10 heteroatoms. The van der Waals surface area contributed by atoms with Crippen LogP contribution in [0.4, 0.5) is 0 Å².